The van der Waals surface area contributed by atoms with Gasteiger partial charge < -0.3 is 10.1 Å². The van der Waals surface area contributed by atoms with Crippen LogP contribution in [-0.2, 0) is 0 Å². The highest BCUT2D eigenvalue weighted by Gasteiger charge is 2.22. The van der Waals surface area contributed by atoms with E-state index in [-0.39, 0.29) is 5.78 Å². The monoisotopic (exact) mass is 290 g/mol. The molecule has 0 aliphatic carbocycles. The van der Waals surface area contributed by atoms with E-state index < -0.39 is 0 Å². The Morgan fingerprint density at radius 2 is 2.29 bits per heavy atom. The SMILES string of the molecule is CNCC1CCCN(CC(=O)c2ccc(C)cc2OC)C1. The fourth-order valence-electron chi connectivity index (χ4n) is 3.07. The molecule has 0 amide bonds. The normalized spacial score (nSPS) is 19.5. The Bertz CT molecular complexity index is 486. The third-order valence-electron chi connectivity index (χ3n) is 4.12. The molecule has 0 radical (unpaired) electrons. The number of likely N-dealkylation sites (tertiary alicyclic amines) is 1. The number of hydrogen-bond donors (Lipinski definition) is 1. The van der Waals surface area contributed by atoms with Crippen molar-refractivity contribution in [2.75, 3.05) is 40.3 Å². The molecule has 1 atom stereocenters. The molecule has 1 aromatic rings. The zero-order chi connectivity index (χ0) is 15.2. The predicted octanol–water partition coefficient (Wildman–Crippen LogP) is 2.12. The zero-order valence-electron chi connectivity index (χ0n) is 13.3. The Hall–Kier alpha value is -1.39. The van der Waals surface area contributed by atoms with E-state index in [0.29, 0.717) is 23.8 Å². The van der Waals surface area contributed by atoms with Crippen molar-refractivity contribution in [1.29, 1.82) is 0 Å². The molecule has 116 valence electrons. The first-order valence-corrected chi connectivity index (χ1v) is 7.69. The maximum atomic E-state index is 12.5. The Balaban J connectivity index is 2.01. The lowest BCUT2D eigenvalue weighted by Crippen LogP contribution is -2.41. The largest absolute Gasteiger partial charge is 0.496 e. The van der Waals surface area contributed by atoms with Gasteiger partial charge >= 0.3 is 0 Å². The van der Waals surface area contributed by atoms with E-state index in [9.17, 15) is 4.79 Å². The van der Waals surface area contributed by atoms with Crippen LogP contribution in [0.1, 0.15) is 28.8 Å². The average Bonchev–Trinajstić information content (AvgIpc) is 2.47. The summed E-state index contributed by atoms with van der Waals surface area (Å²) in [5.74, 6) is 1.48. The molecule has 1 fully saturated rings. The first-order chi connectivity index (χ1) is 10.1. The van der Waals surface area contributed by atoms with Gasteiger partial charge in [-0.1, -0.05) is 6.07 Å². The Kier molecular flexibility index (Phi) is 5.76. The summed E-state index contributed by atoms with van der Waals surface area (Å²) in [4.78, 5) is 14.8. The van der Waals surface area contributed by atoms with Crippen molar-refractivity contribution < 1.29 is 9.53 Å². The summed E-state index contributed by atoms with van der Waals surface area (Å²) >= 11 is 0. The summed E-state index contributed by atoms with van der Waals surface area (Å²) in [6.07, 6.45) is 2.42. The zero-order valence-corrected chi connectivity index (χ0v) is 13.3. The van der Waals surface area contributed by atoms with Crippen molar-refractivity contribution in [1.82, 2.24) is 10.2 Å². The number of ether oxygens (including phenoxy) is 1. The highest BCUT2D eigenvalue weighted by atomic mass is 16.5. The molecule has 0 aromatic heterocycles. The quantitative estimate of drug-likeness (QED) is 0.815. The van der Waals surface area contributed by atoms with Crippen LogP contribution < -0.4 is 10.1 Å². The van der Waals surface area contributed by atoms with Crippen molar-refractivity contribution in [3.8, 4) is 5.75 Å². The van der Waals surface area contributed by atoms with Crippen LogP contribution in [0.15, 0.2) is 18.2 Å². The van der Waals surface area contributed by atoms with Crippen molar-refractivity contribution >= 4 is 5.78 Å². The van der Waals surface area contributed by atoms with Crippen LogP contribution in [-0.4, -0.2) is 51.0 Å². The van der Waals surface area contributed by atoms with Crippen molar-refractivity contribution in [3.63, 3.8) is 0 Å². The molecule has 1 unspecified atom stereocenters. The lowest BCUT2D eigenvalue weighted by molar-refractivity contribution is 0.0884. The van der Waals surface area contributed by atoms with Gasteiger partial charge in [0.05, 0.1) is 19.2 Å². The summed E-state index contributed by atoms with van der Waals surface area (Å²) in [5, 5.41) is 3.24. The van der Waals surface area contributed by atoms with E-state index in [1.54, 1.807) is 7.11 Å². The number of carbonyl (C=O) groups is 1. The number of hydrogen-bond acceptors (Lipinski definition) is 4. The van der Waals surface area contributed by atoms with Gasteiger partial charge in [0.15, 0.2) is 5.78 Å². The van der Waals surface area contributed by atoms with Gasteiger partial charge in [0.25, 0.3) is 0 Å². The summed E-state index contributed by atoms with van der Waals surface area (Å²) in [5.41, 5.74) is 1.80. The summed E-state index contributed by atoms with van der Waals surface area (Å²) in [6, 6.07) is 5.77. The van der Waals surface area contributed by atoms with Crippen LogP contribution in [0.25, 0.3) is 0 Å². The third kappa shape index (κ3) is 4.29. The Morgan fingerprint density at radius 3 is 3.00 bits per heavy atom. The van der Waals surface area contributed by atoms with Crippen molar-refractivity contribution in [2.45, 2.75) is 19.8 Å². The minimum Gasteiger partial charge on any atom is -0.496 e. The number of rotatable bonds is 6. The summed E-state index contributed by atoms with van der Waals surface area (Å²) in [6.45, 7) is 5.53. The van der Waals surface area contributed by atoms with E-state index in [2.05, 4.69) is 10.2 Å². The van der Waals surface area contributed by atoms with Gasteiger partial charge in [0.1, 0.15) is 5.75 Å². The number of aryl methyl sites for hydroxylation is 1. The first-order valence-electron chi connectivity index (χ1n) is 7.69. The minimum absolute atomic E-state index is 0.150. The maximum Gasteiger partial charge on any atom is 0.180 e. The highest BCUT2D eigenvalue weighted by Crippen LogP contribution is 2.22. The number of benzene rings is 1. The molecule has 1 heterocycles. The van der Waals surface area contributed by atoms with Gasteiger partial charge in [-0.25, -0.2) is 0 Å². The molecule has 1 saturated heterocycles. The van der Waals surface area contributed by atoms with Crippen LogP contribution >= 0.6 is 0 Å². The van der Waals surface area contributed by atoms with Crippen LogP contribution in [0.4, 0.5) is 0 Å². The van der Waals surface area contributed by atoms with E-state index >= 15 is 0 Å². The molecular weight excluding hydrogens is 264 g/mol. The van der Waals surface area contributed by atoms with Gasteiger partial charge in [0.2, 0.25) is 0 Å². The molecule has 21 heavy (non-hydrogen) atoms. The number of nitrogens with one attached hydrogen (secondary N) is 1. The topological polar surface area (TPSA) is 41.6 Å². The molecule has 2 rings (SSSR count). The van der Waals surface area contributed by atoms with Gasteiger partial charge in [0, 0.05) is 6.54 Å². The smallest absolute Gasteiger partial charge is 0.180 e. The lowest BCUT2D eigenvalue weighted by atomic mass is 9.97. The molecule has 0 spiro atoms. The van der Waals surface area contributed by atoms with Crippen LogP contribution in [0.3, 0.4) is 0 Å². The molecule has 1 N–H and O–H groups in total. The number of nitrogens with zero attached hydrogens (tertiary/aromatic N) is 1. The van der Waals surface area contributed by atoms with Gasteiger partial charge in [-0.05, 0) is 63.5 Å². The van der Waals surface area contributed by atoms with Crippen LogP contribution in [0, 0.1) is 12.8 Å². The second-order valence-electron chi connectivity index (χ2n) is 5.93. The standard InChI is InChI=1S/C17H26N2O2/c1-13-6-7-15(17(9-13)21-3)16(20)12-19-8-4-5-14(11-19)10-18-2/h6-7,9,14,18H,4-5,8,10-12H2,1-3H3. The number of methoxy groups -OCH3 is 1. The number of piperidine rings is 1. The van der Waals surface area contributed by atoms with Crippen LogP contribution in [0.2, 0.25) is 0 Å². The first kappa shape index (κ1) is 16.0. The third-order valence-corrected chi connectivity index (χ3v) is 4.12. The van der Waals surface area contributed by atoms with Gasteiger partial charge in [-0.2, -0.15) is 0 Å². The molecule has 1 aromatic carbocycles. The summed E-state index contributed by atoms with van der Waals surface area (Å²) in [7, 11) is 3.61. The molecule has 0 saturated carbocycles. The highest BCUT2D eigenvalue weighted by molar-refractivity contribution is 6.00. The van der Waals surface area contributed by atoms with Crippen molar-refractivity contribution in [3.05, 3.63) is 29.3 Å². The number of ketones is 1. The van der Waals surface area contributed by atoms with E-state index in [1.807, 2.05) is 32.2 Å². The Morgan fingerprint density at radius 1 is 1.48 bits per heavy atom. The average molecular weight is 290 g/mol. The minimum atomic E-state index is 0.150. The summed E-state index contributed by atoms with van der Waals surface area (Å²) < 4.78 is 5.35. The predicted molar refractivity (Wildman–Crippen MR) is 85.2 cm³/mol. The number of Topliss-reactive ketones (excluding diaryl/α,β-unsaturated/α-hetero) is 1. The maximum absolute atomic E-state index is 12.5. The van der Waals surface area contributed by atoms with Gasteiger partial charge in [-0.3, -0.25) is 9.69 Å². The molecule has 0 bridgehead atoms. The fourth-order valence-corrected chi connectivity index (χ4v) is 3.07. The van der Waals surface area contributed by atoms with E-state index in [4.69, 9.17) is 4.74 Å². The second kappa shape index (κ2) is 7.57. The fraction of sp³-hybridized carbons (Fsp3) is 0.588. The van der Waals surface area contributed by atoms with E-state index in [1.165, 1.54) is 12.8 Å². The van der Waals surface area contributed by atoms with E-state index in [0.717, 1.165) is 25.2 Å². The van der Waals surface area contributed by atoms with Crippen molar-refractivity contribution in [2.24, 2.45) is 5.92 Å². The van der Waals surface area contributed by atoms with Gasteiger partial charge in [-0.15, -0.1) is 0 Å². The molecular formula is C17H26N2O2. The molecule has 1 aliphatic heterocycles. The van der Waals surface area contributed by atoms with Crippen LogP contribution in [0.5, 0.6) is 5.75 Å². The second-order valence-corrected chi connectivity index (χ2v) is 5.93. The molecule has 4 heteroatoms. The molecule has 1 aliphatic rings. The number of carbonyl (C=O) groups excluding carboxylic acids is 1. The lowest BCUT2D eigenvalue weighted by Gasteiger charge is -2.32. The Labute approximate surface area is 127 Å². The molecule has 4 nitrogen and oxygen atoms in total.